The average Bonchev–Trinajstić information content (AvgIpc) is 2.78. The fourth-order valence-electron chi connectivity index (χ4n) is 4.69. The van der Waals surface area contributed by atoms with Crippen LogP contribution in [0.3, 0.4) is 0 Å². The van der Waals surface area contributed by atoms with Gasteiger partial charge in [0.25, 0.3) is 0 Å². The zero-order valence-corrected chi connectivity index (χ0v) is 27.2. The van der Waals surface area contributed by atoms with Crippen LogP contribution < -0.4 is 51.4 Å². The van der Waals surface area contributed by atoms with Crippen LogP contribution in [0.2, 0.25) is 0 Å². The van der Waals surface area contributed by atoms with Crippen molar-refractivity contribution >= 4 is 10.4 Å². The molecule has 0 rings (SSSR count). The van der Waals surface area contributed by atoms with Gasteiger partial charge in [0, 0.05) is 0 Å². The van der Waals surface area contributed by atoms with Crippen molar-refractivity contribution in [3.63, 3.8) is 0 Å². The van der Waals surface area contributed by atoms with Crippen molar-refractivity contribution in [2.75, 3.05) is 6.61 Å². The topological polar surface area (TPSA) is 66.4 Å². The third-order valence-electron chi connectivity index (χ3n) is 6.88. The third kappa shape index (κ3) is 31.5. The molecule has 0 saturated carbocycles. The summed E-state index contributed by atoms with van der Waals surface area (Å²) in [7, 11) is -4.58. The van der Waals surface area contributed by atoms with Gasteiger partial charge in [-0.05, 0) is 18.8 Å². The average molecular weight is 529 g/mol. The maximum absolute atomic E-state index is 10.9. The fourth-order valence-corrected chi connectivity index (χ4v) is 5.04. The molecule has 0 aliphatic rings. The summed E-state index contributed by atoms with van der Waals surface area (Å²) in [6.45, 7) is 4.59. The first-order valence-electron chi connectivity index (χ1n) is 14.6. The summed E-state index contributed by atoms with van der Waals surface area (Å²) >= 11 is 0. The molecule has 4 nitrogen and oxygen atoms in total. The Morgan fingerprint density at radius 3 is 1.06 bits per heavy atom. The summed E-state index contributed by atoms with van der Waals surface area (Å²) < 4.78 is 37.2. The molecular formula is C28H57KO4S. The van der Waals surface area contributed by atoms with Crippen LogP contribution in [0, 0.1) is 5.92 Å². The van der Waals surface area contributed by atoms with Crippen molar-refractivity contribution in [2.45, 2.75) is 168 Å². The Kier molecular flexibility index (Phi) is 32.2. The van der Waals surface area contributed by atoms with Gasteiger partial charge in [0.15, 0.2) is 0 Å². The molecule has 0 fully saturated rings. The summed E-state index contributed by atoms with van der Waals surface area (Å²) in [6, 6.07) is 0. The molecule has 200 valence electrons. The van der Waals surface area contributed by atoms with Crippen molar-refractivity contribution < 1.29 is 68.5 Å². The molecule has 1 unspecified atom stereocenters. The predicted molar refractivity (Wildman–Crippen MR) is 141 cm³/mol. The molecule has 0 radical (unpaired) electrons. The minimum atomic E-state index is -4.58. The Hall–Kier alpha value is 1.51. The normalized spacial score (nSPS) is 12.6. The van der Waals surface area contributed by atoms with E-state index in [0.717, 1.165) is 25.7 Å². The van der Waals surface area contributed by atoms with Gasteiger partial charge in [-0.15, -0.1) is 0 Å². The molecule has 34 heavy (non-hydrogen) atoms. The van der Waals surface area contributed by atoms with E-state index in [1.807, 2.05) is 0 Å². The van der Waals surface area contributed by atoms with Crippen molar-refractivity contribution in [2.24, 2.45) is 5.92 Å². The van der Waals surface area contributed by atoms with E-state index >= 15 is 0 Å². The zero-order chi connectivity index (χ0) is 24.5. The molecule has 0 aromatic carbocycles. The summed E-state index contributed by atoms with van der Waals surface area (Å²) in [5, 5.41) is 0. The second kappa shape index (κ2) is 29.1. The van der Waals surface area contributed by atoms with Crippen LogP contribution in [0.4, 0.5) is 0 Å². The van der Waals surface area contributed by atoms with Crippen LogP contribution in [0.1, 0.15) is 168 Å². The van der Waals surface area contributed by atoms with E-state index in [1.165, 1.54) is 128 Å². The smallest absolute Gasteiger partial charge is 0.726 e. The van der Waals surface area contributed by atoms with E-state index in [2.05, 4.69) is 18.0 Å². The van der Waals surface area contributed by atoms with Crippen LogP contribution in [-0.4, -0.2) is 19.6 Å². The molecule has 0 aromatic rings. The van der Waals surface area contributed by atoms with Gasteiger partial charge in [-0.3, -0.25) is 4.18 Å². The SMILES string of the molecule is CCCCCCCCCCCCCCC(CCCCCCCCCCCC)COS(=O)(=O)[O-].[K+]. The maximum Gasteiger partial charge on any atom is 1.00 e. The molecule has 0 aromatic heterocycles. The summed E-state index contributed by atoms with van der Waals surface area (Å²) in [4.78, 5) is 0. The number of rotatable bonds is 27. The first-order chi connectivity index (χ1) is 16.0. The Balaban J connectivity index is 0. The predicted octanol–water partition coefficient (Wildman–Crippen LogP) is 6.49. The largest absolute Gasteiger partial charge is 1.00 e. The van der Waals surface area contributed by atoms with E-state index in [1.54, 1.807) is 0 Å². The van der Waals surface area contributed by atoms with Crippen molar-refractivity contribution in [1.29, 1.82) is 0 Å². The zero-order valence-electron chi connectivity index (χ0n) is 23.3. The Labute approximate surface area is 256 Å². The maximum atomic E-state index is 10.9. The molecule has 6 heteroatoms. The fraction of sp³-hybridized carbons (Fsp3) is 1.00. The van der Waals surface area contributed by atoms with E-state index < -0.39 is 10.4 Å². The standard InChI is InChI=1S/C28H58O4S.K/c1-3-5-7-9-11-13-15-16-18-20-22-24-26-28(27-32-33(29,30)31)25-23-21-19-17-14-12-10-8-6-4-2;/h28H,3-27H2,1-2H3,(H,29,30,31);/q;+1/p-1. The molecular weight excluding hydrogens is 471 g/mol. The molecule has 0 aliphatic carbocycles. The summed E-state index contributed by atoms with van der Waals surface area (Å²) in [5.41, 5.74) is 0. The quantitative estimate of drug-likeness (QED) is 0.0529. The van der Waals surface area contributed by atoms with Crippen LogP contribution in [0.5, 0.6) is 0 Å². The van der Waals surface area contributed by atoms with Gasteiger partial charge in [-0.25, -0.2) is 8.42 Å². The molecule has 0 spiro atoms. The monoisotopic (exact) mass is 528 g/mol. The van der Waals surface area contributed by atoms with Gasteiger partial charge < -0.3 is 4.55 Å². The second-order valence-electron chi connectivity index (χ2n) is 10.2. The summed E-state index contributed by atoms with van der Waals surface area (Å²) in [6.07, 6.45) is 30.8. The van der Waals surface area contributed by atoms with Crippen molar-refractivity contribution in [3.05, 3.63) is 0 Å². The third-order valence-corrected chi connectivity index (χ3v) is 7.30. The first kappa shape index (κ1) is 37.7. The number of hydrogen-bond acceptors (Lipinski definition) is 4. The van der Waals surface area contributed by atoms with Gasteiger partial charge in [0.2, 0.25) is 10.4 Å². The summed E-state index contributed by atoms with van der Waals surface area (Å²) in [5.74, 6) is 0.200. The van der Waals surface area contributed by atoms with E-state index in [4.69, 9.17) is 0 Å². The Morgan fingerprint density at radius 1 is 0.529 bits per heavy atom. The molecule has 0 aliphatic heterocycles. The Morgan fingerprint density at radius 2 is 0.794 bits per heavy atom. The minimum Gasteiger partial charge on any atom is -0.726 e. The molecule has 1 atom stereocenters. The molecule has 0 bridgehead atoms. The Bertz CT molecular complexity index is 485. The van der Waals surface area contributed by atoms with Gasteiger partial charge in [0.05, 0.1) is 6.61 Å². The van der Waals surface area contributed by atoms with Crippen LogP contribution in [0.15, 0.2) is 0 Å². The minimum absolute atomic E-state index is 0. The first-order valence-corrected chi connectivity index (χ1v) is 15.9. The van der Waals surface area contributed by atoms with Gasteiger partial charge in [0.1, 0.15) is 0 Å². The number of unbranched alkanes of at least 4 members (excludes halogenated alkanes) is 20. The van der Waals surface area contributed by atoms with Crippen LogP contribution in [-0.2, 0) is 14.6 Å². The van der Waals surface area contributed by atoms with Gasteiger partial charge in [-0.2, -0.15) is 0 Å². The molecule has 0 amide bonds. The molecule has 0 N–H and O–H groups in total. The molecule has 0 heterocycles. The van der Waals surface area contributed by atoms with Crippen LogP contribution >= 0.6 is 0 Å². The second-order valence-corrected chi connectivity index (χ2v) is 11.3. The van der Waals surface area contributed by atoms with Gasteiger partial charge in [-0.1, -0.05) is 155 Å². The number of hydrogen-bond donors (Lipinski definition) is 0. The molecule has 0 saturated heterocycles. The van der Waals surface area contributed by atoms with Crippen molar-refractivity contribution in [1.82, 2.24) is 0 Å². The van der Waals surface area contributed by atoms with Gasteiger partial charge >= 0.3 is 51.4 Å². The van der Waals surface area contributed by atoms with E-state index in [0.29, 0.717) is 0 Å². The van der Waals surface area contributed by atoms with E-state index in [9.17, 15) is 13.0 Å². The van der Waals surface area contributed by atoms with Crippen molar-refractivity contribution in [3.8, 4) is 0 Å². The van der Waals surface area contributed by atoms with Crippen LogP contribution in [0.25, 0.3) is 0 Å². The van der Waals surface area contributed by atoms with E-state index in [-0.39, 0.29) is 63.9 Å².